The molecule has 40 heavy (non-hydrogen) atoms. The first-order chi connectivity index (χ1) is 19.3. The first kappa shape index (κ1) is 26.8. The lowest BCUT2D eigenvalue weighted by atomic mass is 9.95. The molecule has 3 aromatic carbocycles. The van der Waals surface area contributed by atoms with E-state index in [1.807, 2.05) is 55.5 Å². The summed E-state index contributed by atoms with van der Waals surface area (Å²) in [4.78, 5) is 44.1. The van der Waals surface area contributed by atoms with E-state index in [1.54, 1.807) is 47.9 Å². The molecule has 9 heteroatoms. The Morgan fingerprint density at radius 1 is 1.02 bits per heavy atom. The minimum atomic E-state index is -0.704. The van der Waals surface area contributed by atoms with Gasteiger partial charge in [-0.15, -0.1) is 0 Å². The number of carbonyl (C=O) groups excluding carboxylic acids is 2. The minimum Gasteiger partial charge on any atom is -0.494 e. The average Bonchev–Trinajstić information content (AvgIpc) is 3.23. The SMILES string of the molecule is CCOc1ccc([C@H]2C(C(=O)Nc3ccccc3)=C(C)N=c3s/c(=C\c4cccc(OC(C)=O)c4)c(=O)n32)cc1. The number of anilines is 1. The van der Waals surface area contributed by atoms with Gasteiger partial charge in [0.05, 0.1) is 28.5 Å². The second-order valence-corrected chi connectivity index (χ2v) is 10.1. The Balaban J connectivity index is 1.63. The second-order valence-electron chi connectivity index (χ2n) is 9.07. The molecule has 1 aliphatic heterocycles. The third-order valence-electron chi connectivity index (χ3n) is 6.22. The van der Waals surface area contributed by atoms with Crippen LogP contribution >= 0.6 is 11.3 Å². The molecule has 0 bridgehead atoms. The monoisotopic (exact) mass is 553 g/mol. The van der Waals surface area contributed by atoms with Gasteiger partial charge in [-0.1, -0.05) is 53.8 Å². The third-order valence-corrected chi connectivity index (χ3v) is 7.21. The molecule has 1 atom stereocenters. The van der Waals surface area contributed by atoms with E-state index >= 15 is 0 Å². The molecule has 1 amide bonds. The number of aromatic nitrogens is 1. The number of allylic oxidation sites excluding steroid dienone is 1. The Kier molecular flexibility index (Phi) is 7.75. The highest BCUT2D eigenvalue weighted by Crippen LogP contribution is 2.31. The molecule has 0 saturated heterocycles. The predicted octanol–water partition coefficient (Wildman–Crippen LogP) is 4.20. The molecule has 4 aromatic rings. The van der Waals surface area contributed by atoms with Gasteiger partial charge < -0.3 is 14.8 Å². The van der Waals surface area contributed by atoms with Crippen molar-refractivity contribution < 1.29 is 19.1 Å². The molecule has 0 aliphatic carbocycles. The third kappa shape index (κ3) is 5.64. The van der Waals surface area contributed by atoms with Crippen molar-refractivity contribution in [3.63, 3.8) is 0 Å². The normalized spacial score (nSPS) is 14.8. The first-order valence-corrected chi connectivity index (χ1v) is 13.6. The van der Waals surface area contributed by atoms with Gasteiger partial charge in [0.2, 0.25) is 0 Å². The standard InChI is InChI=1S/C31H27N3O5S/c1-4-38-24-15-13-22(14-16-24)28-27(29(36)33-23-10-6-5-7-11-23)19(2)32-31-34(28)30(37)26(40-31)18-21-9-8-12-25(17-21)39-20(3)35/h5-18,28H,4H2,1-3H3,(H,33,36)/b26-18-/t28-/m0/s1. The van der Waals surface area contributed by atoms with Crippen molar-refractivity contribution in [3.05, 3.63) is 121 Å². The summed E-state index contributed by atoms with van der Waals surface area (Å²) in [5, 5.41) is 2.95. The predicted molar refractivity (Wildman–Crippen MR) is 154 cm³/mol. The maximum atomic E-state index is 13.9. The molecule has 1 N–H and O–H groups in total. The highest BCUT2D eigenvalue weighted by molar-refractivity contribution is 7.07. The number of hydrogen-bond donors (Lipinski definition) is 1. The number of fused-ring (bicyclic) bond motifs is 1. The van der Waals surface area contributed by atoms with Crippen LogP contribution in [0.4, 0.5) is 5.69 Å². The van der Waals surface area contributed by atoms with E-state index in [9.17, 15) is 14.4 Å². The van der Waals surface area contributed by atoms with Crippen LogP contribution in [-0.4, -0.2) is 23.1 Å². The number of thiazole rings is 1. The number of amides is 1. The first-order valence-electron chi connectivity index (χ1n) is 12.7. The number of esters is 1. The molecule has 1 aliphatic rings. The fourth-order valence-electron chi connectivity index (χ4n) is 4.55. The number of hydrogen-bond acceptors (Lipinski definition) is 7. The summed E-state index contributed by atoms with van der Waals surface area (Å²) in [6, 6.07) is 22.8. The topological polar surface area (TPSA) is 99.0 Å². The van der Waals surface area contributed by atoms with E-state index in [2.05, 4.69) is 10.3 Å². The van der Waals surface area contributed by atoms with Gasteiger partial charge in [-0.25, -0.2) is 4.99 Å². The zero-order valence-electron chi connectivity index (χ0n) is 22.2. The Morgan fingerprint density at radius 3 is 2.48 bits per heavy atom. The van der Waals surface area contributed by atoms with Crippen LogP contribution in [0.2, 0.25) is 0 Å². The smallest absolute Gasteiger partial charge is 0.308 e. The molecule has 2 heterocycles. The highest BCUT2D eigenvalue weighted by atomic mass is 32.1. The summed E-state index contributed by atoms with van der Waals surface area (Å²) < 4.78 is 12.8. The van der Waals surface area contributed by atoms with Crippen molar-refractivity contribution in [2.24, 2.45) is 4.99 Å². The number of nitrogens with zero attached hydrogens (tertiary/aromatic N) is 2. The van der Waals surface area contributed by atoms with Gasteiger partial charge in [-0.2, -0.15) is 0 Å². The molecule has 5 rings (SSSR count). The van der Waals surface area contributed by atoms with Crippen molar-refractivity contribution in [1.29, 1.82) is 0 Å². The highest BCUT2D eigenvalue weighted by Gasteiger charge is 2.32. The van der Waals surface area contributed by atoms with Crippen LogP contribution < -0.4 is 29.7 Å². The number of benzene rings is 3. The van der Waals surface area contributed by atoms with Crippen LogP contribution in [0.1, 0.15) is 37.9 Å². The van der Waals surface area contributed by atoms with Crippen molar-refractivity contribution in [2.75, 3.05) is 11.9 Å². The minimum absolute atomic E-state index is 0.280. The quantitative estimate of drug-likeness (QED) is 0.273. The van der Waals surface area contributed by atoms with Crippen LogP contribution in [0.5, 0.6) is 11.5 Å². The van der Waals surface area contributed by atoms with Gasteiger partial charge in [-0.3, -0.25) is 19.0 Å². The Labute approximate surface area is 234 Å². The van der Waals surface area contributed by atoms with Gasteiger partial charge >= 0.3 is 5.97 Å². The Morgan fingerprint density at radius 2 is 1.77 bits per heavy atom. The maximum absolute atomic E-state index is 13.9. The summed E-state index contributed by atoms with van der Waals surface area (Å²) in [5.74, 6) is 0.317. The average molecular weight is 554 g/mol. The van der Waals surface area contributed by atoms with Crippen molar-refractivity contribution in [3.8, 4) is 11.5 Å². The lowest BCUT2D eigenvalue weighted by molar-refractivity contribution is -0.131. The van der Waals surface area contributed by atoms with Crippen molar-refractivity contribution in [1.82, 2.24) is 4.57 Å². The largest absolute Gasteiger partial charge is 0.494 e. The van der Waals surface area contributed by atoms with Crippen molar-refractivity contribution >= 4 is 35.0 Å². The lowest BCUT2D eigenvalue weighted by Gasteiger charge is -2.25. The molecule has 0 unspecified atom stereocenters. The van der Waals surface area contributed by atoms with E-state index in [0.29, 0.717) is 50.0 Å². The summed E-state index contributed by atoms with van der Waals surface area (Å²) >= 11 is 1.24. The summed E-state index contributed by atoms with van der Waals surface area (Å²) in [6.07, 6.45) is 1.73. The van der Waals surface area contributed by atoms with Crippen LogP contribution in [0.25, 0.3) is 6.08 Å². The van der Waals surface area contributed by atoms with E-state index < -0.39 is 12.0 Å². The van der Waals surface area contributed by atoms with E-state index in [1.165, 1.54) is 18.3 Å². The van der Waals surface area contributed by atoms with Gasteiger partial charge in [0.25, 0.3) is 11.5 Å². The molecular weight excluding hydrogens is 526 g/mol. The van der Waals surface area contributed by atoms with Crippen molar-refractivity contribution in [2.45, 2.75) is 26.8 Å². The molecular formula is C31H27N3O5S. The fraction of sp³-hybridized carbons (Fsp3) is 0.161. The van der Waals surface area contributed by atoms with Gasteiger partial charge in [0.1, 0.15) is 11.5 Å². The van der Waals surface area contributed by atoms with Gasteiger partial charge in [0.15, 0.2) is 4.80 Å². The fourth-order valence-corrected chi connectivity index (χ4v) is 5.59. The number of ether oxygens (including phenoxy) is 2. The maximum Gasteiger partial charge on any atom is 0.308 e. The molecule has 0 radical (unpaired) electrons. The van der Waals surface area contributed by atoms with Crippen LogP contribution in [-0.2, 0) is 9.59 Å². The molecule has 8 nitrogen and oxygen atoms in total. The summed E-state index contributed by atoms with van der Waals surface area (Å²) in [5.41, 5.74) is 2.71. The van der Waals surface area contributed by atoms with E-state index in [0.717, 1.165) is 5.56 Å². The summed E-state index contributed by atoms with van der Waals surface area (Å²) in [7, 11) is 0. The van der Waals surface area contributed by atoms with E-state index in [4.69, 9.17) is 9.47 Å². The zero-order chi connectivity index (χ0) is 28.2. The zero-order valence-corrected chi connectivity index (χ0v) is 23.0. The molecule has 0 saturated carbocycles. The van der Waals surface area contributed by atoms with Gasteiger partial charge in [0, 0.05) is 12.6 Å². The second kappa shape index (κ2) is 11.5. The van der Waals surface area contributed by atoms with Crippen LogP contribution in [0.3, 0.4) is 0 Å². The molecule has 0 spiro atoms. The molecule has 1 aromatic heterocycles. The summed E-state index contributed by atoms with van der Waals surface area (Å²) in [6.45, 7) is 5.55. The number of carbonyl (C=O) groups is 2. The van der Waals surface area contributed by atoms with E-state index in [-0.39, 0.29) is 11.5 Å². The Bertz CT molecular complexity index is 1790. The number of para-hydroxylation sites is 1. The van der Waals surface area contributed by atoms with Crippen LogP contribution in [0, 0.1) is 0 Å². The number of rotatable bonds is 7. The van der Waals surface area contributed by atoms with Crippen LogP contribution in [0.15, 0.2) is 99.9 Å². The molecule has 202 valence electrons. The number of nitrogens with one attached hydrogen (secondary N) is 1. The molecule has 0 fully saturated rings. The lowest BCUT2D eigenvalue weighted by Crippen LogP contribution is -2.40. The Hall–Kier alpha value is -4.76. The van der Waals surface area contributed by atoms with Gasteiger partial charge in [-0.05, 0) is 67.4 Å².